The number of aromatic nitrogens is 2. The first-order valence-corrected chi connectivity index (χ1v) is 11.4. The molecule has 0 fully saturated rings. The standard InChI is InChI=1S/C24H30N2O4S/c1-8-10-18-25-21-20(22(27)26(18)24(5,6)23(28)30-9-2)19(15(4)31-21)16-13-14(3)11-12-17(16)29-7/h11-13H,8-10H2,1-7H3. The van der Waals surface area contributed by atoms with E-state index in [0.717, 1.165) is 28.0 Å². The van der Waals surface area contributed by atoms with Crippen molar-refractivity contribution in [3.05, 3.63) is 44.8 Å². The first-order chi connectivity index (χ1) is 14.7. The minimum Gasteiger partial charge on any atom is -0.496 e. The second-order valence-corrected chi connectivity index (χ2v) is 9.32. The Kier molecular flexibility index (Phi) is 6.55. The summed E-state index contributed by atoms with van der Waals surface area (Å²) in [6, 6.07) is 5.91. The number of benzene rings is 1. The number of thiophene rings is 1. The van der Waals surface area contributed by atoms with Gasteiger partial charge in [-0.1, -0.05) is 18.6 Å². The molecule has 0 aliphatic heterocycles. The SMILES string of the molecule is CCCc1nc2sc(C)c(-c3cc(C)ccc3OC)c2c(=O)n1C(C)(C)C(=O)OCC. The average Bonchev–Trinajstić information content (AvgIpc) is 3.04. The van der Waals surface area contributed by atoms with Crippen LogP contribution in [-0.4, -0.2) is 29.2 Å². The van der Waals surface area contributed by atoms with Gasteiger partial charge in [-0.2, -0.15) is 0 Å². The monoisotopic (exact) mass is 442 g/mol. The lowest BCUT2D eigenvalue weighted by atomic mass is 9.99. The molecule has 0 aliphatic rings. The minimum absolute atomic E-state index is 0.227. The van der Waals surface area contributed by atoms with Crippen LogP contribution in [-0.2, 0) is 21.5 Å². The fourth-order valence-corrected chi connectivity index (χ4v) is 4.96. The van der Waals surface area contributed by atoms with Gasteiger partial charge in [-0.3, -0.25) is 9.36 Å². The summed E-state index contributed by atoms with van der Waals surface area (Å²) in [4.78, 5) is 33.3. The smallest absolute Gasteiger partial charge is 0.331 e. The maximum Gasteiger partial charge on any atom is 0.331 e. The van der Waals surface area contributed by atoms with E-state index in [4.69, 9.17) is 14.5 Å². The number of esters is 1. The van der Waals surface area contributed by atoms with Gasteiger partial charge in [-0.25, -0.2) is 9.78 Å². The molecule has 0 saturated heterocycles. The predicted octanol–water partition coefficient (Wildman–Crippen LogP) is 5.00. The molecule has 0 radical (unpaired) electrons. The summed E-state index contributed by atoms with van der Waals surface area (Å²) >= 11 is 1.49. The lowest BCUT2D eigenvalue weighted by Crippen LogP contribution is -2.46. The number of rotatable bonds is 7. The Morgan fingerprint density at radius 3 is 2.55 bits per heavy atom. The van der Waals surface area contributed by atoms with E-state index in [9.17, 15) is 9.59 Å². The van der Waals surface area contributed by atoms with Crippen LogP contribution in [0.15, 0.2) is 23.0 Å². The van der Waals surface area contributed by atoms with Crippen molar-refractivity contribution in [2.75, 3.05) is 13.7 Å². The molecule has 0 spiro atoms. The third-order valence-electron chi connectivity index (χ3n) is 5.40. The number of hydrogen-bond donors (Lipinski definition) is 0. The number of nitrogens with zero attached hydrogens (tertiary/aromatic N) is 2. The van der Waals surface area contributed by atoms with E-state index >= 15 is 0 Å². The molecular weight excluding hydrogens is 412 g/mol. The Labute approximate surface area is 186 Å². The van der Waals surface area contributed by atoms with E-state index in [1.54, 1.807) is 27.9 Å². The van der Waals surface area contributed by atoms with Gasteiger partial charge in [-0.05, 0) is 53.2 Å². The second kappa shape index (κ2) is 8.83. The molecule has 3 aromatic rings. The zero-order valence-corrected chi connectivity index (χ0v) is 20.1. The van der Waals surface area contributed by atoms with Crippen molar-refractivity contribution < 1.29 is 14.3 Å². The number of methoxy groups -OCH3 is 1. The Balaban J connectivity index is 2.43. The molecule has 0 atom stereocenters. The summed E-state index contributed by atoms with van der Waals surface area (Å²) in [5.41, 5.74) is 1.33. The maximum atomic E-state index is 14.0. The predicted molar refractivity (Wildman–Crippen MR) is 125 cm³/mol. The molecule has 1 aromatic carbocycles. The van der Waals surface area contributed by atoms with E-state index < -0.39 is 11.5 Å². The van der Waals surface area contributed by atoms with Crippen LogP contribution >= 0.6 is 11.3 Å². The largest absolute Gasteiger partial charge is 0.496 e. The molecule has 0 unspecified atom stereocenters. The van der Waals surface area contributed by atoms with Crippen LogP contribution < -0.4 is 10.3 Å². The van der Waals surface area contributed by atoms with Crippen molar-refractivity contribution in [1.29, 1.82) is 0 Å². The van der Waals surface area contributed by atoms with Crippen molar-refractivity contribution in [3.63, 3.8) is 0 Å². The van der Waals surface area contributed by atoms with Gasteiger partial charge in [0.1, 0.15) is 21.9 Å². The third kappa shape index (κ3) is 3.99. The van der Waals surface area contributed by atoms with Crippen LogP contribution in [0, 0.1) is 13.8 Å². The highest BCUT2D eigenvalue weighted by Crippen LogP contribution is 2.41. The van der Waals surface area contributed by atoms with E-state index in [-0.39, 0.29) is 12.2 Å². The van der Waals surface area contributed by atoms with Crippen molar-refractivity contribution in [3.8, 4) is 16.9 Å². The summed E-state index contributed by atoms with van der Waals surface area (Å²) in [7, 11) is 1.62. The van der Waals surface area contributed by atoms with Gasteiger partial charge < -0.3 is 9.47 Å². The van der Waals surface area contributed by atoms with Crippen LogP contribution in [0.4, 0.5) is 0 Å². The van der Waals surface area contributed by atoms with E-state index in [0.29, 0.717) is 28.2 Å². The molecule has 0 bridgehead atoms. The molecule has 3 rings (SSSR count). The van der Waals surface area contributed by atoms with Crippen molar-refractivity contribution in [2.45, 2.75) is 59.9 Å². The van der Waals surface area contributed by atoms with Crippen LogP contribution in [0.5, 0.6) is 5.75 Å². The Bertz CT molecular complexity index is 1190. The van der Waals surface area contributed by atoms with E-state index in [1.165, 1.54) is 15.9 Å². The molecule has 6 nitrogen and oxygen atoms in total. The summed E-state index contributed by atoms with van der Waals surface area (Å²) in [5, 5.41) is 0.517. The number of fused-ring (bicyclic) bond motifs is 1. The Hall–Kier alpha value is -2.67. The quantitative estimate of drug-likeness (QED) is 0.482. The highest BCUT2D eigenvalue weighted by Gasteiger charge is 2.36. The molecular formula is C24H30N2O4S. The first-order valence-electron chi connectivity index (χ1n) is 10.5. The molecule has 2 heterocycles. The highest BCUT2D eigenvalue weighted by molar-refractivity contribution is 7.19. The molecule has 166 valence electrons. The number of carbonyl (C=O) groups is 1. The zero-order chi connectivity index (χ0) is 22.9. The first kappa shape index (κ1) is 23.0. The normalized spacial score (nSPS) is 11.7. The van der Waals surface area contributed by atoms with Gasteiger partial charge in [-0.15, -0.1) is 11.3 Å². The molecule has 31 heavy (non-hydrogen) atoms. The number of aryl methyl sites for hydroxylation is 3. The molecule has 7 heteroatoms. The van der Waals surface area contributed by atoms with Gasteiger partial charge in [0.05, 0.1) is 19.1 Å². The number of ether oxygens (including phenoxy) is 2. The summed E-state index contributed by atoms with van der Waals surface area (Å²) < 4.78 is 12.4. The lowest BCUT2D eigenvalue weighted by Gasteiger charge is -2.27. The third-order valence-corrected chi connectivity index (χ3v) is 6.40. The van der Waals surface area contributed by atoms with E-state index in [1.807, 2.05) is 39.0 Å². The minimum atomic E-state index is -1.18. The van der Waals surface area contributed by atoms with Crippen LogP contribution in [0.3, 0.4) is 0 Å². The Morgan fingerprint density at radius 2 is 1.94 bits per heavy atom. The topological polar surface area (TPSA) is 70.4 Å². The summed E-state index contributed by atoms with van der Waals surface area (Å²) in [5.74, 6) is 0.848. The van der Waals surface area contributed by atoms with Crippen LogP contribution in [0.25, 0.3) is 21.3 Å². The van der Waals surface area contributed by atoms with Gasteiger partial charge in [0.2, 0.25) is 0 Å². The average molecular weight is 443 g/mol. The molecule has 0 aliphatic carbocycles. The maximum absolute atomic E-state index is 14.0. The van der Waals surface area contributed by atoms with Crippen molar-refractivity contribution in [2.24, 2.45) is 0 Å². The molecule has 0 N–H and O–H groups in total. The van der Waals surface area contributed by atoms with Crippen molar-refractivity contribution in [1.82, 2.24) is 9.55 Å². The van der Waals surface area contributed by atoms with E-state index in [2.05, 4.69) is 0 Å². The lowest BCUT2D eigenvalue weighted by molar-refractivity contribution is -0.152. The molecule has 2 aromatic heterocycles. The summed E-state index contributed by atoms with van der Waals surface area (Å²) in [6.07, 6.45) is 1.40. The van der Waals surface area contributed by atoms with Gasteiger partial charge in [0.15, 0.2) is 0 Å². The molecule has 0 saturated carbocycles. The zero-order valence-electron chi connectivity index (χ0n) is 19.3. The summed E-state index contributed by atoms with van der Waals surface area (Å²) in [6.45, 7) is 11.5. The second-order valence-electron chi connectivity index (χ2n) is 8.12. The van der Waals surface area contributed by atoms with Crippen LogP contribution in [0.2, 0.25) is 0 Å². The fourth-order valence-electron chi connectivity index (χ4n) is 3.91. The number of hydrogen-bond acceptors (Lipinski definition) is 6. The highest BCUT2D eigenvalue weighted by atomic mass is 32.1. The Morgan fingerprint density at radius 1 is 1.23 bits per heavy atom. The van der Waals surface area contributed by atoms with Crippen LogP contribution in [0.1, 0.15) is 50.4 Å². The van der Waals surface area contributed by atoms with Gasteiger partial charge >= 0.3 is 5.97 Å². The fraction of sp³-hybridized carbons (Fsp3) is 0.458. The number of carbonyl (C=O) groups excluding carboxylic acids is 1. The van der Waals surface area contributed by atoms with Gasteiger partial charge in [0.25, 0.3) is 5.56 Å². The van der Waals surface area contributed by atoms with Gasteiger partial charge in [0, 0.05) is 22.4 Å². The van der Waals surface area contributed by atoms with Crippen molar-refractivity contribution >= 4 is 27.5 Å². The molecule has 0 amide bonds.